The van der Waals surface area contributed by atoms with E-state index in [2.05, 4.69) is 4.98 Å². The van der Waals surface area contributed by atoms with Gasteiger partial charge in [0.2, 0.25) is 0 Å². The van der Waals surface area contributed by atoms with Crippen molar-refractivity contribution in [3.63, 3.8) is 0 Å². The molecule has 0 amide bonds. The third-order valence-electron chi connectivity index (χ3n) is 2.46. The smallest absolute Gasteiger partial charge is 0.128 e. The molecular weight excluding hydrogens is 190 g/mol. The van der Waals surface area contributed by atoms with Gasteiger partial charge < -0.3 is 14.8 Å². The van der Waals surface area contributed by atoms with Crippen LogP contribution in [-0.4, -0.2) is 22.8 Å². The number of hydrogen-bond acceptors (Lipinski definition) is 2. The summed E-state index contributed by atoms with van der Waals surface area (Å²) in [5.41, 5.74) is 1.05. The van der Waals surface area contributed by atoms with E-state index in [1.54, 1.807) is 0 Å². The minimum atomic E-state index is -0.390. The third kappa shape index (κ3) is 2.13. The van der Waals surface area contributed by atoms with Crippen LogP contribution in [0.1, 0.15) is 13.3 Å². The van der Waals surface area contributed by atoms with Crippen LogP contribution in [0, 0.1) is 0 Å². The molecule has 1 aromatic carbocycles. The Hall–Kier alpha value is -1.48. The van der Waals surface area contributed by atoms with E-state index in [0.29, 0.717) is 13.0 Å². The molecular formula is C12H15NO2. The van der Waals surface area contributed by atoms with Crippen LogP contribution in [0.25, 0.3) is 10.9 Å². The summed E-state index contributed by atoms with van der Waals surface area (Å²) in [6.45, 7) is 2.28. The zero-order chi connectivity index (χ0) is 10.7. The van der Waals surface area contributed by atoms with E-state index >= 15 is 0 Å². The molecule has 80 valence electrons. The summed E-state index contributed by atoms with van der Waals surface area (Å²) in [5, 5.41) is 10.5. The normalized spacial score (nSPS) is 12.9. The zero-order valence-electron chi connectivity index (χ0n) is 8.73. The number of aromatic nitrogens is 1. The molecule has 3 heteroatoms. The Balaban J connectivity index is 2.17. The van der Waals surface area contributed by atoms with Gasteiger partial charge in [-0.25, -0.2) is 0 Å². The largest absolute Gasteiger partial charge is 0.490 e. The molecule has 1 aromatic heterocycles. The molecule has 15 heavy (non-hydrogen) atoms. The Morgan fingerprint density at radius 2 is 2.27 bits per heavy atom. The molecule has 0 aliphatic heterocycles. The predicted molar refractivity (Wildman–Crippen MR) is 60.1 cm³/mol. The van der Waals surface area contributed by atoms with Crippen LogP contribution < -0.4 is 4.74 Å². The standard InChI is InChI=1S/C12H15NO2/c1-2-9(14)8-15-12-5-3-4-11-10(12)6-7-13-11/h3-7,9,13-14H,2,8H2,1H3/t9-/m1/s1. The van der Waals surface area contributed by atoms with Gasteiger partial charge in [0.1, 0.15) is 12.4 Å². The van der Waals surface area contributed by atoms with E-state index in [9.17, 15) is 5.11 Å². The van der Waals surface area contributed by atoms with Crippen LogP contribution in [0.15, 0.2) is 30.5 Å². The van der Waals surface area contributed by atoms with Gasteiger partial charge in [-0.1, -0.05) is 13.0 Å². The molecule has 0 aliphatic rings. The lowest BCUT2D eigenvalue weighted by Gasteiger charge is -2.10. The van der Waals surface area contributed by atoms with Crippen molar-refractivity contribution in [1.29, 1.82) is 0 Å². The molecule has 0 aliphatic carbocycles. The fourth-order valence-corrected chi connectivity index (χ4v) is 1.49. The number of fused-ring (bicyclic) bond motifs is 1. The van der Waals surface area contributed by atoms with Gasteiger partial charge in [0.05, 0.1) is 6.10 Å². The Morgan fingerprint density at radius 3 is 3.07 bits per heavy atom. The van der Waals surface area contributed by atoms with E-state index in [0.717, 1.165) is 16.7 Å². The van der Waals surface area contributed by atoms with Crippen molar-refractivity contribution >= 4 is 10.9 Å². The maximum atomic E-state index is 9.41. The van der Waals surface area contributed by atoms with Gasteiger partial charge in [-0.3, -0.25) is 0 Å². The number of aliphatic hydroxyl groups excluding tert-OH is 1. The highest BCUT2D eigenvalue weighted by Crippen LogP contribution is 2.24. The molecule has 0 radical (unpaired) electrons. The summed E-state index contributed by atoms with van der Waals surface area (Å²) >= 11 is 0. The fourth-order valence-electron chi connectivity index (χ4n) is 1.49. The van der Waals surface area contributed by atoms with E-state index < -0.39 is 0 Å². The molecule has 0 spiro atoms. The first-order chi connectivity index (χ1) is 7.31. The van der Waals surface area contributed by atoms with Gasteiger partial charge in [0.15, 0.2) is 0 Å². The number of H-pyrrole nitrogens is 1. The number of hydrogen-bond donors (Lipinski definition) is 2. The van der Waals surface area contributed by atoms with Crippen molar-refractivity contribution in [3.05, 3.63) is 30.5 Å². The highest BCUT2D eigenvalue weighted by Gasteiger charge is 2.05. The van der Waals surface area contributed by atoms with Crippen LogP contribution in [0.3, 0.4) is 0 Å². The molecule has 3 nitrogen and oxygen atoms in total. The molecule has 2 rings (SSSR count). The summed E-state index contributed by atoms with van der Waals surface area (Å²) in [7, 11) is 0. The van der Waals surface area contributed by atoms with Crippen LogP contribution in [0.5, 0.6) is 5.75 Å². The van der Waals surface area contributed by atoms with Gasteiger partial charge in [0, 0.05) is 17.1 Å². The van der Waals surface area contributed by atoms with E-state index in [1.807, 2.05) is 37.4 Å². The minimum Gasteiger partial charge on any atom is -0.490 e. The highest BCUT2D eigenvalue weighted by molar-refractivity contribution is 5.85. The Morgan fingerprint density at radius 1 is 1.40 bits per heavy atom. The Kier molecular flexibility index (Phi) is 2.92. The van der Waals surface area contributed by atoms with Crippen molar-refractivity contribution in [2.75, 3.05) is 6.61 Å². The van der Waals surface area contributed by atoms with Crippen molar-refractivity contribution in [2.24, 2.45) is 0 Å². The molecule has 0 saturated heterocycles. The average molecular weight is 205 g/mol. The van der Waals surface area contributed by atoms with Crippen LogP contribution in [0.4, 0.5) is 0 Å². The number of aromatic amines is 1. The quantitative estimate of drug-likeness (QED) is 0.804. The maximum absolute atomic E-state index is 9.41. The third-order valence-corrected chi connectivity index (χ3v) is 2.46. The molecule has 0 saturated carbocycles. The first-order valence-corrected chi connectivity index (χ1v) is 5.18. The molecule has 0 fully saturated rings. The Bertz CT molecular complexity index is 436. The minimum absolute atomic E-state index is 0.348. The number of benzene rings is 1. The summed E-state index contributed by atoms with van der Waals surface area (Å²) in [6.07, 6.45) is 2.20. The van der Waals surface area contributed by atoms with Gasteiger partial charge in [-0.05, 0) is 24.6 Å². The van der Waals surface area contributed by atoms with E-state index in [4.69, 9.17) is 4.74 Å². The summed E-state index contributed by atoms with van der Waals surface area (Å²) in [6, 6.07) is 7.83. The molecule has 2 N–H and O–H groups in total. The van der Waals surface area contributed by atoms with Crippen LogP contribution >= 0.6 is 0 Å². The molecule has 0 unspecified atom stereocenters. The number of rotatable bonds is 4. The summed E-state index contributed by atoms with van der Waals surface area (Å²) < 4.78 is 5.56. The first kappa shape index (κ1) is 10.1. The molecule has 1 heterocycles. The van der Waals surface area contributed by atoms with Crippen molar-refractivity contribution in [1.82, 2.24) is 4.98 Å². The monoisotopic (exact) mass is 205 g/mol. The SMILES string of the molecule is CC[C@@H](O)COc1cccc2[nH]ccc12. The molecule has 0 bridgehead atoms. The second-order valence-corrected chi connectivity index (χ2v) is 3.57. The summed E-state index contributed by atoms with van der Waals surface area (Å²) in [5.74, 6) is 0.821. The van der Waals surface area contributed by atoms with Crippen LogP contribution in [0.2, 0.25) is 0 Å². The molecule has 2 aromatic rings. The van der Waals surface area contributed by atoms with E-state index in [-0.39, 0.29) is 6.10 Å². The number of aliphatic hydroxyl groups is 1. The first-order valence-electron chi connectivity index (χ1n) is 5.18. The lowest BCUT2D eigenvalue weighted by molar-refractivity contribution is 0.105. The van der Waals surface area contributed by atoms with E-state index in [1.165, 1.54) is 0 Å². The van der Waals surface area contributed by atoms with Gasteiger partial charge in [0.25, 0.3) is 0 Å². The van der Waals surface area contributed by atoms with Gasteiger partial charge in [-0.15, -0.1) is 0 Å². The number of nitrogens with one attached hydrogen (secondary N) is 1. The zero-order valence-corrected chi connectivity index (χ0v) is 8.73. The lowest BCUT2D eigenvalue weighted by atomic mass is 10.2. The second kappa shape index (κ2) is 4.36. The van der Waals surface area contributed by atoms with Gasteiger partial charge in [-0.2, -0.15) is 0 Å². The maximum Gasteiger partial charge on any atom is 0.128 e. The van der Waals surface area contributed by atoms with Crippen LogP contribution in [-0.2, 0) is 0 Å². The van der Waals surface area contributed by atoms with Crippen molar-refractivity contribution < 1.29 is 9.84 Å². The highest BCUT2D eigenvalue weighted by atomic mass is 16.5. The second-order valence-electron chi connectivity index (χ2n) is 3.57. The summed E-state index contributed by atoms with van der Waals surface area (Å²) in [4.78, 5) is 3.12. The van der Waals surface area contributed by atoms with Crippen molar-refractivity contribution in [2.45, 2.75) is 19.4 Å². The fraction of sp³-hybridized carbons (Fsp3) is 0.333. The Labute approximate surface area is 88.7 Å². The lowest BCUT2D eigenvalue weighted by Crippen LogP contribution is -2.15. The van der Waals surface area contributed by atoms with Crippen molar-refractivity contribution in [3.8, 4) is 5.75 Å². The predicted octanol–water partition coefficient (Wildman–Crippen LogP) is 2.32. The average Bonchev–Trinajstić information content (AvgIpc) is 2.74. The molecule has 1 atom stereocenters. The number of ether oxygens (including phenoxy) is 1. The van der Waals surface area contributed by atoms with Gasteiger partial charge >= 0.3 is 0 Å². The topological polar surface area (TPSA) is 45.2 Å².